The Morgan fingerprint density at radius 3 is 2.88 bits per heavy atom. The lowest BCUT2D eigenvalue weighted by Crippen LogP contribution is -2.43. The van der Waals surface area contributed by atoms with Crippen molar-refractivity contribution in [2.45, 2.75) is 51.1 Å². The van der Waals surface area contributed by atoms with Gasteiger partial charge < -0.3 is 15.8 Å². The monoisotopic (exact) mass is 228 g/mol. The van der Waals surface area contributed by atoms with Crippen LogP contribution in [-0.4, -0.2) is 31.7 Å². The van der Waals surface area contributed by atoms with Gasteiger partial charge in [-0.25, -0.2) is 0 Å². The molecule has 0 aliphatic heterocycles. The summed E-state index contributed by atoms with van der Waals surface area (Å²) in [7, 11) is 1.66. The van der Waals surface area contributed by atoms with E-state index in [1.165, 1.54) is 0 Å². The van der Waals surface area contributed by atoms with E-state index in [1.54, 1.807) is 7.11 Å². The predicted octanol–water partition coefficient (Wildman–Crippen LogP) is 1.05. The third kappa shape index (κ3) is 4.10. The van der Waals surface area contributed by atoms with Crippen LogP contribution in [0.2, 0.25) is 0 Å². The van der Waals surface area contributed by atoms with Crippen LogP contribution < -0.4 is 11.1 Å². The molecule has 0 heterocycles. The van der Waals surface area contributed by atoms with Gasteiger partial charge in [-0.05, 0) is 25.7 Å². The molecule has 4 nitrogen and oxygen atoms in total. The number of carbonyl (C=O) groups is 1. The highest BCUT2D eigenvalue weighted by molar-refractivity contribution is 5.79. The molecule has 1 fully saturated rings. The number of hydrogen-bond donors (Lipinski definition) is 2. The van der Waals surface area contributed by atoms with E-state index in [4.69, 9.17) is 10.5 Å². The minimum Gasteiger partial charge on any atom is -0.383 e. The van der Waals surface area contributed by atoms with Crippen LogP contribution >= 0.6 is 0 Å². The molecule has 1 aliphatic carbocycles. The van der Waals surface area contributed by atoms with Gasteiger partial charge in [0.2, 0.25) is 5.91 Å². The van der Waals surface area contributed by atoms with Gasteiger partial charge >= 0.3 is 0 Å². The van der Waals surface area contributed by atoms with E-state index in [9.17, 15) is 4.79 Å². The molecule has 3 atom stereocenters. The molecule has 3 N–H and O–H groups in total. The lowest BCUT2D eigenvalue weighted by Gasteiger charge is -2.27. The molecule has 1 rings (SSSR count). The van der Waals surface area contributed by atoms with E-state index in [1.807, 2.05) is 0 Å². The van der Waals surface area contributed by atoms with Gasteiger partial charge in [0.15, 0.2) is 0 Å². The highest BCUT2D eigenvalue weighted by atomic mass is 16.5. The molecule has 1 saturated carbocycles. The Balaban J connectivity index is 2.37. The Morgan fingerprint density at radius 1 is 1.56 bits per heavy atom. The molecule has 4 heteroatoms. The SMILES string of the molecule is CCC(COC)NC(=O)C1CCCC(N)C1. The number of hydrogen-bond acceptors (Lipinski definition) is 3. The van der Waals surface area contributed by atoms with Gasteiger partial charge in [0.1, 0.15) is 0 Å². The molecule has 0 radical (unpaired) electrons. The number of carbonyl (C=O) groups excluding carboxylic acids is 1. The number of ether oxygens (including phenoxy) is 1. The summed E-state index contributed by atoms with van der Waals surface area (Å²) in [6.45, 7) is 2.64. The summed E-state index contributed by atoms with van der Waals surface area (Å²) in [4.78, 5) is 12.0. The van der Waals surface area contributed by atoms with Crippen molar-refractivity contribution < 1.29 is 9.53 Å². The van der Waals surface area contributed by atoms with Crippen LogP contribution in [0.5, 0.6) is 0 Å². The molecular formula is C12H24N2O2. The fourth-order valence-electron chi connectivity index (χ4n) is 2.25. The van der Waals surface area contributed by atoms with E-state index in [0.29, 0.717) is 6.61 Å². The first-order valence-corrected chi connectivity index (χ1v) is 6.22. The molecule has 94 valence electrons. The van der Waals surface area contributed by atoms with Crippen molar-refractivity contribution in [3.8, 4) is 0 Å². The Labute approximate surface area is 97.9 Å². The van der Waals surface area contributed by atoms with E-state index < -0.39 is 0 Å². The maximum atomic E-state index is 12.0. The number of nitrogens with two attached hydrogens (primary N) is 1. The Bertz CT molecular complexity index is 221. The first-order chi connectivity index (χ1) is 7.67. The fourth-order valence-corrected chi connectivity index (χ4v) is 2.25. The lowest BCUT2D eigenvalue weighted by molar-refractivity contribution is -0.127. The van der Waals surface area contributed by atoms with Gasteiger partial charge in [-0.15, -0.1) is 0 Å². The first-order valence-electron chi connectivity index (χ1n) is 6.22. The van der Waals surface area contributed by atoms with Gasteiger partial charge in [0.05, 0.1) is 12.6 Å². The Morgan fingerprint density at radius 2 is 2.31 bits per heavy atom. The van der Waals surface area contributed by atoms with Crippen molar-refractivity contribution in [2.75, 3.05) is 13.7 Å². The third-order valence-electron chi connectivity index (χ3n) is 3.29. The van der Waals surface area contributed by atoms with Crippen molar-refractivity contribution in [3.63, 3.8) is 0 Å². The van der Waals surface area contributed by atoms with Crippen LogP contribution in [0.15, 0.2) is 0 Å². The Hall–Kier alpha value is -0.610. The van der Waals surface area contributed by atoms with Crippen LogP contribution in [-0.2, 0) is 9.53 Å². The second-order valence-corrected chi connectivity index (χ2v) is 4.69. The number of methoxy groups -OCH3 is 1. The zero-order valence-electron chi connectivity index (χ0n) is 10.4. The van der Waals surface area contributed by atoms with Gasteiger partial charge in [-0.3, -0.25) is 4.79 Å². The molecule has 3 unspecified atom stereocenters. The molecule has 1 aliphatic rings. The maximum Gasteiger partial charge on any atom is 0.223 e. The van der Waals surface area contributed by atoms with Crippen molar-refractivity contribution in [2.24, 2.45) is 11.7 Å². The Kier molecular flexibility index (Phi) is 5.77. The first kappa shape index (κ1) is 13.5. The highest BCUT2D eigenvalue weighted by Gasteiger charge is 2.26. The van der Waals surface area contributed by atoms with Crippen LogP contribution in [0.3, 0.4) is 0 Å². The summed E-state index contributed by atoms with van der Waals surface area (Å²) >= 11 is 0. The van der Waals surface area contributed by atoms with Crippen LogP contribution in [0.25, 0.3) is 0 Å². The third-order valence-corrected chi connectivity index (χ3v) is 3.29. The van der Waals surface area contributed by atoms with E-state index >= 15 is 0 Å². The van der Waals surface area contributed by atoms with Crippen molar-refractivity contribution in [1.29, 1.82) is 0 Å². The summed E-state index contributed by atoms with van der Waals surface area (Å²) < 4.78 is 5.06. The zero-order valence-corrected chi connectivity index (χ0v) is 10.4. The van der Waals surface area contributed by atoms with E-state index in [2.05, 4.69) is 12.2 Å². The lowest BCUT2D eigenvalue weighted by atomic mass is 9.85. The second kappa shape index (κ2) is 6.86. The molecule has 0 aromatic heterocycles. The van der Waals surface area contributed by atoms with Crippen molar-refractivity contribution in [3.05, 3.63) is 0 Å². The molecule has 0 bridgehead atoms. The molecule has 0 aromatic carbocycles. The summed E-state index contributed by atoms with van der Waals surface area (Å²) in [5.74, 6) is 0.258. The van der Waals surface area contributed by atoms with Crippen molar-refractivity contribution >= 4 is 5.91 Å². The minimum atomic E-state index is 0.106. The number of nitrogens with one attached hydrogen (secondary N) is 1. The molecule has 0 aromatic rings. The van der Waals surface area contributed by atoms with Gasteiger partial charge in [-0.2, -0.15) is 0 Å². The molecule has 0 saturated heterocycles. The van der Waals surface area contributed by atoms with Gasteiger partial charge in [0.25, 0.3) is 0 Å². The summed E-state index contributed by atoms with van der Waals surface area (Å²) in [6, 6.07) is 0.336. The van der Waals surface area contributed by atoms with Crippen LogP contribution in [0.1, 0.15) is 39.0 Å². The van der Waals surface area contributed by atoms with Crippen LogP contribution in [0, 0.1) is 5.92 Å². The summed E-state index contributed by atoms with van der Waals surface area (Å²) in [5.41, 5.74) is 5.88. The standard InChI is InChI=1S/C12H24N2O2/c1-3-11(8-16-2)14-12(15)9-5-4-6-10(13)7-9/h9-11H,3-8,13H2,1-2H3,(H,14,15). The zero-order chi connectivity index (χ0) is 12.0. The molecule has 0 spiro atoms. The molecular weight excluding hydrogens is 204 g/mol. The quantitative estimate of drug-likeness (QED) is 0.739. The van der Waals surface area contributed by atoms with Gasteiger partial charge in [-0.1, -0.05) is 13.3 Å². The summed E-state index contributed by atoms with van der Waals surface area (Å²) in [5, 5.41) is 3.04. The molecule has 1 amide bonds. The topological polar surface area (TPSA) is 64.3 Å². The number of amides is 1. The van der Waals surface area contributed by atoms with Crippen LogP contribution in [0.4, 0.5) is 0 Å². The average molecular weight is 228 g/mol. The molecule has 16 heavy (non-hydrogen) atoms. The smallest absolute Gasteiger partial charge is 0.223 e. The van der Waals surface area contributed by atoms with Gasteiger partial charge in [0, 0.05) is 19.1 Å². The normalized spacial score (nSPS) is 27.4. The van der Waals surface area contributed by atoms with E-state index in [-0.39, 0.29) is 23.9 Å². The highest BCUT2D eigenvalue weighted by Crippen LogP contribution is 2.23. The van der Waals surface area contributed by atoms with Crippen molar-refractivity contribution in [1.82, 2.24) is 5.32 Å². The minimum absolute atomic E-state index is 0.106. The van der Waals surface area contributed by atoms with E-state index in [0.717, 1.165) is 32.1 Å². The maximum absolute atomic E-state index is 12.0. The fraction of sp³-hybridized carbons (Fsp3) is 0.917. The number of rotatable bonds is 5. The average Bonchev–Trinajstić information content (AvgIpc) is 2.28. The largest absolute Gasteiger partial charge is 0.383 e. The summed E-state index contributed by atoms with van der Waals surface area (Å²) in [6.07, 6.45) is 4.83. The predicted molar refractivity (Wildman–Crippen MR) is 64.0 cm³/mol. The second-order valence-electron chi connectivity index (χ2n) is 4.69.